The summed E-state index contributed by atoms with van der Waals surface area (Å²) in [7, 11) is 0. The lowest BCUT2D eigenvalue weighted by atomic mass is 9.96. The van der Waals surface area contributed by atoms with Gasteiger partial charge in [-0.3, -0.25) is 4.79 Å². The van der Waals surface area contributed by atoms with Crippen LogP contribution in [0.2, 0.25) is 5.02 Å². The van der Waals surface area contributed by atoms with Crippen LogP contribution in [0, 0.1) is 0 Å². The molecule has 0 bridgehead atoms. The zero-order chi connectivity index (χ0) is 12.0. The van der Waals surface area contributed by atoms with Crippen LogP contribution in [-0.2, 0) is 9.53 Å². The van der Waals surface area contributed by atoms with E-state index in [2.05, 4.69) is 0 Å². The predicted molar refractivity (Wildman–Crippen MR) is 64.5 cm³/mol. The lowest BCUT2D eigenvalue weighted by molar-refractivity contribution is -0.143. The Kier molecular flexibility index (Phi) is 5.29. The van der Waals surface area contributed by atoms with Gasteiger partial charge in [0, 0.05) is 10.9 Å². The minimum Gasteiger partial charge on any atom is -0.466 e. The van der Waals surface area contributed by atoms with Crippen LogP contribution in [0.5, 0.6) is 0 Å². The number of benzene rings is 1. The lowest BCUT2D eigenvalue weighted by Crippen LogP contribution is -2.18. The molecule has 0 heterocycles. The topological polar surface area (TPSA) is 52.3 Å². The van der Waals surface area contributed by atoms with E-state index in [0.29, 0.717) is 24.6 Å². The van der Waals surface area contributed by atoms with Crippen LogP contribution in [0.4, 0.5) is 0 Å². The Bertz CT molecular complexity index is 337. The summed E-state index contributed by atoms with van der Waals surface area (Å²) in [6.45, 7) is 2.61. The maximum Gasteiger partial charge on any atom is 0.306 e. The molecule has 16 heavy (non-hydrogen) atoms. The van der Waals surface area contributed by atoms with Crippen LogP contribution in [0.15, 0.2) is 24.3 Å². The van der Waals surface area contributed by atoms with Gasteiger partial charge in [0.2, 0.25) is 0 Å². The smallest absolute Gasteiger partial charge is 0.306 e. The maximum atomic E-state index is 11.3. The van der Waals surface area contributed by atoms with Gasteiger partial charge in [0.15, 0.2) is 0 Å². The van der Waals surface area contributed by atoms with Gasteiger partial charge in [-0.05, 0) is 31.2 Å². The van der Waals surface area contributed by atoms with Crippen LogP contribution in [0.1, 0.15) is 24.8 Å². The minimum absolute atomic E-state index is 0.00341. The molecule has 3 nitrogen and oxygen atoms in total. The second-order valence-electron chi connectivity index (χ2n) is 3.49. The molecule has 0 aromatic heterocycles. The standard InChI is InChI=1S/C12H16ClNO2/c1-2-16-12(15)7-10(8-14)9-3-5-11(13)6-4-9/h3-6,10H,2,7-8,14H2,1H3/t10-/m0/s1. The first kappa shape index (κ1) is 13.0. The molecule has 0 saturated carbocycles. The highest BCUT2D eigenvalue weighted by molar-refractivity contribution is 6.30. The Labute approximate surface area is 101 Å². The third-order valence-electron chi connectivity index (χ3n) is 2.34. The predicted octanol–water partition coefficient (Wildman–Crippen LogP) is 2.34. The molecule has 0 aliphatic carbocycles. The molecule has 88 valence electrons. The van der Waals surface area contributed by atoms with Crippen LogP contribution >= 0.6 is 11.6 Å². The van der Waals surface area contributed by atoms with Crippen molar-refractivity contribution in [1.82, 2.24) is 0 Å². The molecule has 0 saturated heterocycles. The fourth-order valence-corrected chi connectivity index (χ4v) is 1.62. The van der Waals surface area contributed by atoms with E-state index in [1.165, 1.54) is 0 Å². The van der Waals surface area contributed by atoms with Crippen molar-refractivity contribution in [2.45, 2.75) is 19.3 Å². The van der Waals surface area contributed by atoms with Gasteiger partial charge in [-0.15, -0.1) is 0 Å². The number of hydrogen-bond donors (Lipinski definition) is 1. The third-order valence-corrected chi connectivity index (χ3v) is 2.60. The first-order valence-corrected chi connectivity index (χ1v) is 5.66. The number of rotatable bonds is 5. The summed E-state index contributed by atoms with van der Waals surface area (Å²) in [5.74, 6) is -0.218. The molecule has 0 aliphatic heterocycles. The summed E-state index contributed by atoms with van der Waals surface area (Å²) in [5, 5.41) is 0.677. The number of esters is 1. The summed E-state index contributed by atoms with van der Waals surface area (Å²) in [6.07, 6.45) is 0.311. The highest BCUT2D eigenvalue weighted by Gasteiger charge is 2.15. The average Bonchev–Trinajstić information content (AvgIpc) is 2.27. The monoisotopic (exact) mass is 241 g/mol. The molecule has 1 aromatic rings. The summed E-state index contributed by atoms with van der Waals surface area (Å²) < 4.78 is 4.90. The molecule has 0 radical (unpaired) electrons. The SMILES string of the molecule is CCOC(=O)C[C@@H](CN)c1ccc(Cl)cc1. The van der Waals surface area contributed by atoms with E-state index >= 15 is 0 Å². The van der Waals surface area contributed by atoms with Crippen molar-refractivity contribution in [3.8, 4) is 0 Å². The Morgan fingerprint density at radius 2 is 2.06 bits per heavy atom. The fraction of sp³-hybridized carbons (Fsp3) is 0.417. The van der Waals surface area contributed by atoms with Crippen LogP contribution in [-0.4, -0.2) is 19.1 Å². The van der Waals surface area contributed by atoms with Crippen LogP contribution in [0.3, 0.4) is 0 Å². The lowest BCUT2D eigenvalue weighted by Gasteiger charge is -2.14. The van der Waals surface area contributed by atoms with Crippen molar-refractivity contribution >= 4 is 17.6 Å². The van der Waals surface area contributed by atoms with Crippen molar-refractivity contribution in [2.24, 2.45) is 5.73 Å². The highest BCUT2D eigenvalue weighted by Crippen LogP contribution is 2.21. The number of hydrogen-bond acceptors (Lipinski definition) is 3. The Morgan fingerprint density at radius 3 is 2.56 bits per heavy atom. The summed E-state index contributed by atoms with van der Waals surface area (Å²) >= 11 is 5.79. The van der Waals surface area contributed by atoms with Gasteiger partial charge in [-0.2, -0.15) is 0 Å². The van der Waals surface area contributed by atoms with Crippen molar-refractivity contribution < 1.29 is 9.53 Å². The number of ether oxygens (including phenoxy) is 1. The Morgan fingerprint density at radius 1 is 1.44 bits per heavy atom. The van der Waals surface area contributed by atoms with Crippen LogP contribution in [0.25, 0.3) is 0 Å². The Hall–Kier alpha value is -1.06. The zero-order valence-corrected chi connectivity index (χ0v) is 10.0. The second-order valence-corrected chi connectivity index (χ2v) is 3.93. The van der Waals surface area contributed by atoms with E-state index in [1.807, 2.05) is 12.1 Å². The minimum atomic E-state index is -0.215. The molecular formula is C12H16ClNO2. The molecule has 0 fully saturated rings. The summed E-state index contributed by atoms with van der Waals surface area (Å²) in [4.78, 5) is 11.3. The van der Waals surface area contributed by atoms with Gasteiger partial charge < -0.3 is 10.5 Å². The molecule has 1 atom stereocenters. The molecule has 0 spiro atoms. The van der Waals surface area contributed by atoms with Crippen molar-refractivity contribution in [1.29, 1.82) is 0 Å². The van der Waals surface area contributed by atoms with Gasteiger partial charge >= 0.3 is 5.97 Å². The normalized spacial score (nSPS) is 12.2. The van der Waals surface area contributed by atoms with Gasteiger partial charge in [-0.25, -0.2) is 0 Å². The van der Waals surface area contributed by atoms with E-state index < -0.39 is 0 Å². The highest BCUT2D eigenvalue weighted by atomic mass is 35.5. The zero-order valence-electron chi connectivity index (χ0n) is 9.28. The summed E-state index contributed by atoms with van der Waals surface area (Å²) in [6, 6.07) is 7.37. The quantitative estimate of drug-likeness (QED) is 0.805. The van der Waals surface area contributed by atoms with Crippen molar-refractivity contribution in [2.75, 3.05) is 13.2 Å². The molecular weight excluding hydrogens is 226 g/mol. The van der Waals surface area contributed by atoms with E-state index in [-0.39, 0.29) is 11.9 Å². The molecule has 0 aliphatic rings. The molecule has 2 N–H and O–H groups in total. The van der Waals surface area contributed by atoms with Gasteiger partial charge in [0.1, 0.15) is 0 Å². The van der Waals surface area contributed by atoms with Crippen molar-refractivity contribution in [3.63, 3.8) is 0 Å². The van der Waals surface area contributed by atoms with E-state index in [0.717, 1.165) is 5.56 Å². The average molecular weight is 242 g/mol. The van der Waals surface area contributed by atoms with E-state index in [4.69, 9.17) is 22.1 Å². The molecule has 1 rings (SSSR count). The van der Waals surface area contributed by atoms with Gasteiger partial charge in [0.25, 0.3) is 0 Å². The largest absolute Gasteiger partial charge is 0.466 e. The number of nitrogens with two attached hydrogens (primary N) is 1. The van der Waals surface area contributed by atoms with Crippen molar-refractivity contribution in [3.05, 3.63) is 34.9 Å². The molecule has 0 unspecified atom stereocenters. The van der Waals surface area contributed by atoms with E-state index in [9.17, 15) is 4.79 Å². The number of carbonyl (C=O) groups excluding carboxylic acids is 1. The fourth-order valence-electron chi connectivity index (χ4n) is 1.49. The third kappa shape index (κ3) is 3.83. The summed E-state index contributed by atoms with van der Waals surface area (Å²) in [5.41, 5.74) is 6.66. The second kappa shape index (κ2) is 6.51. The number of halogens is 1. The van der Waals surface area contributed by atoms with Crippen LogP contribution < -0.4 is 5.73 Å². The number of carbonyl (C=O) groups is 1. The van der Waals surface area contributed by atoms with Gasteiger partial charge in [-0.1, -0.05) is 23.7 Å². The van der Waals surface area contributed by atoms with E-state index in [1.54, 1.807) is 19.1 Å². The molecule has 0 amide bonds. The maximum absolute atomic E-state index is 11.3. The first-order chi connectivity index (χ1) is 7.67. The Balaban J connectivity index is 2.67. The molecule has 1 aromatic carbocycles. The first-order valence-electron chi connectivity index (χ1n) is 5.28. The molecule has 4 heteroatoms. The van der Waals surface area contributed by atoms with Gasteiger partial charge in [0.05, 0.1) is 13.0 Å².